The molecule has 1 atom stereocenters. The fraction of sp³-hybridized carbons (Fsp3) is 0.727. The van der Waals surface area contributed by atoms with Gasteiger partial charge < -0.3 is 4.79 Å². The van der Waals surface area contributed by atoms with Crippen molar-refractivity contribution in [3.63, 3.8) is 0 Å². The molecule has 0 bridgehead atoms. The molecular formula is C11H18O. The first-order valence-electron chi connectivity index (χ1n) is 4.61. The van der Waals surface area contributed by atoms with Gasteiger partial charge >= 0.3 is 0 Å². The first-order valence-corrected chi connectivity index (χ1v) is 4.61. The minimum absolute atomic E-state index is 0.242. The maximum absolute atomic E-state index is 11.0. The van der Waals surface area contributed by atoms with E-state index in [2.05, 4.69) is 26.8 Å². The lowest BCUT2D eigenvalue weighted by Crippen LogP contribution is -2.22. The van der Waals surface area contributed by atoms with Crippen molar-refractivity contribution >= 4 is 5.78 Å². The maximum Gasteiger partial charge on any atom is 0.130 e. The second-order valence-electron chi connectivity index (χ2n) is 4.45. The summed E-state index contributed by atoms with van der Waals surface area (Å²) in [5, 5.41) is 0. The van der Waals surface area contributed by atoms with Crippen molar-refractivity contribution in [2.24, 2.45) is 11.3 Å². The van der Waals surface area contributed by atoms with Crippen LogP contribution >= 0.6 is 0 Å². The summed E-state index contributed by atoms with van der Waals surface area (Å²) in [4.78, 5) is 11.0. The minimum atomic E-state index is 0.242. The average molecular weight is 166 g/mol. The smallest absolute Gasteiger partial charge is 0.130 e. The van der Waals surface area contributed by atoms with Crippen LogP contribution in [0.2, 0.25) is 0 Å². The van der Waals surface area contributed by atoms with E-state index in [9.17, 15) is 4.79 Å². The minimum Gasteiger partial charge on any atom is -0.300 e. The molecule has 0 saturated heterocycles. The zero-order valence-electron chi connectivity index (χ0n) is 8.48. The first kappa shape index (κ1) is 9.50. The molecule has 1 aliphatic carbocycles. The van der Waals surface area contributed by atoms with Crippen molar-refractivity contribution in [2.75, 3.05) is 0 Å². The number of carbonyl (C=O) groups excluding carboxylic acids is 1. The highest BCUT2D eigenvalue weighted by Gasteiger charge is 2.35. The number of hydrogen-bond acceptors (Lipinski definition) is 1. The van der Waals surface area contributed by atoms with Gasteiger partial charge in [-0.25, -0.2) is 0 Å². The topological polar surface area (TPSA) is 17.1 Å². The van der Waals surface area contributed by atoms with Crippen LogP contribution in [0.15, 0.2) is 11.6 Å². The van der Waals surface area contributed by atoms with E-state index in [1.165, 1.54) is 5.57 Å². The molecule has 0 amide bonds. The monoisotopic (exact) mass is 166 g/mol. The lowest BCUT2D eigenvalue weighted by atomic mass is 9.75. The molecule has 1 heteroatoms. The van der Waals surface area contributed by atoms with E-state index >= 15 is 0 Å². The van der Waals surface area contributed by atoms with Crippen LogP contribution in [0, 0.1) is 11.3 Å². The molecule has 0 spiro atoms. The predicted molar refractivity (Wildman–Crippen MR) is 50.9 cm³/mol. The lowest BCUT2D eigenvalue weighted by molar-refractivity contribution is -0.118. The Labute approximate surface area is 74.9 Å². The van der Waals surface area contributed by atoms with Gasteiger partial charge in [-0.2, -0.15) is 0 Å². The molecule has 0 N–H and O–H groups in total. The van der Waals surface area contributed by atoms with Gasteiger partial charge in [-0.3, -0.25) is 0 Å². The Morgan fingerprint density at radius 3 is 2.58 bits per heavy atom. The van der Waals surface area contributed by atoms with Gasteiger partial charge in [0, 0.05) is 6.42 Å². The third kappa shape index (κ3) is 1.60. The number of rotatable bonds is 2. The molecule has 0 radical (unpaired) electrons. The molecule has 12 heavy (non-hydrogen) atoms. The van der Waals surface area contributed by atoms with Gasteiger partial charge in [0.2, 0.25) is 0 Å². The maximum atomic E-state index is 11.0. The van der Waals surface area contributed by atoms with Gasteiger partial charge in [-0.15, -0.1) is 0 Å². The van der Waals surface area contributed by atoms with Crippen molar-refractivity contribution in [3.8, 4) is 0 Å². The average Bonchev–Trinajstić information content (AvgIpc) is 2.15. The van der Waals surface area contributed by atoms with Gasteiger partial charge in [-0.05, 0) is 31.6 Å². The van der Waals surface area contributed by atoms with Crippen molar-refractivity contribution in [2.45, 2.75) is 40.5 Å². The number of carbonyl (C=O) groups is 1. The van der Waals surface area contributed by atoms with Gasteiger partial charge in [0.1, 0.15) is 5.78 Å². The molecule has 0 aromatic carbocycles. The largest absolute Gasteiger partial charge is 0.300 e. The molecule has 68 valence electrons. The van der Waals surface area contributed by atoms with E-state index in [1.54, 1.807) is 6.92 Å². The third-order valence-electron chi connectivity index (χ3n) is 3.28. The van der Waals surface area contributed by atoms with Crippen LogP contribution in [0.1, 0.15) is 40.5 Å². The van der Waals surface area contributed by atoms with Gasteiger partial charge in [-0.1, -0.05) is 25.5 Å². The molecule has 1 nitrogen and oxygen atoms in total. The summed E-state index contributed by atoms with van der Waals surface area (Å²) >= 11 is 0. The van der Waals surface area contributed by atoms with Crippen LogP contribution < -0.4 is 0 Å². The van der Waals surface area contributed by atoms with Gasteiger partial charge in [0.05, 0.1) is 0 Å². The summed E-state index contributed by atoms with van der Waals surface area (Å²) in [6, 6.07) is 0. The number of ketones is 1. The SMILES string of the molecule is CC(=O)CC1CC=C(C)C1(C)C. The molecule has 1 unspecified atom stereocenters. The summed E-state index contributed by atoms with van der Waals surface area (Å²) < 4.78 is 0. The Morgan fingerprint density at radius 1 is 1.67 bits per heavy atom. The standard InChI is InChI=1S/C11H18O/c1-8-5-6-10(7-9(2)12)11(8,3)4/h5,10H,6-7H2,1-4H3. The zero-order chi connectivity index (χ0) is 9.35. The van der Waals surface area contributed by atoms with Crippen LogP contribution in [0.4, 0.5) is 0 Å². The molecule has 0 fully saturated rings. The van der Waals surface area contributed by atoms with Crippen molar-refractivity contribution in [3.05, 3.63) is 11.6 Å². The Hall–Kier alpha value is -0.590. The number of allylic oxidation sites excluding steroid dienone is 2. The quantitative estimate of drug-likeness (QED) is 0.576. The summed E-state index contributed by atoms with van der Waals surface area (Å²) in [7, 11) is 0. The Morgan fingerprint density at radius 2 is 2.25 bits per heavy atom. The van der Waals surface area contributed by atoms with Crippen LogP contribution in [0.5, 0.6) is 0 Å². The fourth-order valence-corrected chi connectivity index (χ4v) is 1.88. The highest BCUT2D eigenvalue weighted by atomic mass is 16.1. The summed E-state index contributed by atoms with van der Waals surface area (Å²) in [6.45, 7) is 8.32. The molecule has 1 aliphatic rings. The van der Waals surface area contributed by atoms with Crippen LogP contribution in [0.25, 0.3) is 0 Å². The molecule has 0 heterocycles. The summed E-state index contributed by atoms with van der Waals surface area (Å²) in [5.41, 5.74) is 1.68. The van der Waals surface area contributed by atoms with E-state index in [-0.39, 0.29) is 5.41 Å². The second-order valence-corrected chi connectivity index (χ2v) is 4.45. The number of Topliss-reactive ketones (excluding diaryl/α,β-unsaturated/α-hetero) is 1. The zero-order valence-corrected chi connectivity index (χ0v) is 8.48. The van der Waals surface area contributed by atoms with Crippen molar-refractivity contribution < 1.29 is 4.79 Å². The van der Waals surface area contributed by atoms with Crippen molar-refractivity contribution in [1.29, 1.82) is 0 Å². The fourth-order valence-electron chi connectivity index (χ4n) is 1.88. The van der Waals surface area contributed by atoms with E-state index in [0.29, 0.717) is 11.7 Å². The van der Waals surface area contributed by atoms with E-state index in [0.717, 1.165) is 12.8 Å². The first-order chi connectivity index (χ1) is 5.44. The molecule has 0 aliphatic heterocycles. The molecule has 1 rings (SSSR count). The third-order valence-corrected chi connectivity index (χ3v) is 3.28. The normalized spacial score (nSPS) is 27.0. The molecule has 0 saturated carbocycles. The van der Waals surface area contributed by atoms with E-state index in [1.807, 2.05) is 0 Å². The molecule has 0 aromatic heterocycles. The van der Waals surface area contributed by atoms with Gasteiger partial charge in [0.25, 0.3) is 0 Å². The van der Waals surface area contributed by atoms with Crippen LogP contribution in [-0.4, -0.2) is 5.78 Å². The molecule has 0 aromatic rings. The van der Waals surface area contributed by atoms with Gasteiger partial charge in [0.15, 0.2) is 0 Å². The Bertz CT molecular complexity index is 223. The Balaban J connectivity index is 2.67. The van der Waals surface area contributed by atoms with E-state index in [4.69, 9.17) is 0 Å². The van der Waals surface area contributed by atoms with Crippen molar-refractivity contribution in [1.82, 2.24) is 0 Å². The summed E-state index contributed by atoms with van der Waals surface area (Å²) in [5.74, 6) is 0.853. The summed E-state index contributed by atoms with van der Waals surface area (Å²) in [6.07, 6.45) is 4.09. The predicted octanol–water partition coefficient (Wildman–Crippen LogP) is 2.96. The number of hydrogen-bond donors (Lipinski definition) is 0. The van der Waals surface area contributed by atoms with E-state index < -0.39 is 0 Å². The highest BCUT2D eigenvalue weighted by Crippen LogP contribution is 2.44. The second kappa shape index (κ2) is 3.04. The highest BCUT2D eigenvalue weighted by molar-refractivity contribution is 5.76. The lowest BCUT2D eigenvalue weighted by Gasteiger charge is -2.28. The Kier molecular flexibility index (Phi) is 2.41. The molecular weight excluding hydrogens is 148 g/mol. The van der Waals surface area contributed by atoms with Crippen LogP contribution in [0.3, 0.4) is 0 Å². The van der Waals surface area contributed by atoms with Crippen LogP contribution in [-0.2, 0) is 4.79 Å².